The highest BCUT2D eigenvalue weighted by Crippen LogP contribution is 2.28. The first-order chi connectivity index (χ1) is 11.7. The predicted molar refractivity (Wildman–Crippen MR) is 102 cm³/mol. The lowest BCUT2D eigenvalue weighted by molar-refractivity contribution is 0.124. The molecular formula is C19H28O4S. The van der Waals surface area contributed by atoms with Crippen molar-refractivity contribution >= 4 is 17.8 Å². The summed E-state index contributed by atoms with van der Waals surface area (Å²) < 4.78 is 16.1. The molecule has 5 heteroatoms. The second kappa shape index (κ2) is 12.8. The maximum Gasteiger partial charge on any atom is 0.161 e. The van der Waals surface area contributed by atoms with Crippen LogP contribution in [0.2, 0.25) is 0 Å². The molecule has 0 saturated carbocycles. The van der Waals surface area contributed by atoms with E-state index < -0.39 is 6.10 Å². The van der Waals surface area contributed by atoms with Crippen LogP contribution in [0.3, 0.4) is 0 Å². The van der Waals surface area contributed by atoms with Crippen LogP contribution < -0.4 is 9.47 Å². The van der Waals surface area contributed by atoms with Gasteiger partial charge in [0, 0.05) is 5.75 Å². The maximum absolute atomic E-state index is 10.0. The van der Waals surface area contributed by atoms with Gasteiger partial charge in [0.15, 0.2) is 11.5 Å². The van der Waals surface area contributed by atoms with E-state index in [2.05, 4.69) is 6.58 Å². The number of methoxy groups -OCH3 is 1. The van der Waals surface area contributed by atoms with Crippen molar-refractivity contribution in [1.29, 1.82) is 0 Å². The molecule has 134 valence electrons. The average molecular weight is 352 g/mol. The number of benzene rings is 1. The zero-order valence-electron chi connectivity index (χ0n) is 14.6. The van der Waals surface area contributed by atoms with Crippen LogP contribution in [-0.4, -0.2) is 43.0 Å². The van der Waals surface area contributed by atoms with Crippen LogP contribution >= 0.6 is 11.8 Å². The molecule has 0 heterocycles. The van der Waals surface area contributed by atoms with E-state index in [0.29, 0.717) is 23.9 Å². The highest BCUT2D eigenvalue weighted by molar-refractivity contribution is 7.99. The number of hydrogen-bond donors (Lipinski definition) is 1. The van der Waals surface area contributed by atoms with Crippen LogP contribution in [0.25, 0.3) is 6.08 Å². The number of unbranched alkanes of at least 4 members (excludes halogenated alkanes) is 1. The van der Waals surface area contributed by atoms with E-state index in [9.17, 15) is 5.11 Å². The fourth-order valence-electron chi connectivity index (χ4n) is 2.03. The van der Waals surface area contributed by atoms with Gasteiger partial charge in [-0.3, -0.25) is 0 Å². The minimum Gasteiger partial charge on any atom is -0.502 e. The van der Waals surface area contributed by atoms with E-state index in [-0.39, 0.29) is 6.61 Å². The van der Waals surface area contributed by atoms with E-state index in [1.165, 1.54) is 6.26 Å². The molecule has 0 bridgehead atoms. The first kappa shape index (κ1) is 20.5. The quantitative estimate of drug-likeness (QED) is 0.427. The third-order valence-corrected chi connectivity index (χ3v) is 4.40. The van der Waals surface area contributed by atoms with Crippen LogP contribution in [0.15, 0.2) is 37.1 Å². The lowest BCUT2D eigenvalue weighted by Crippen LogP contribution is -2.20. The number of aliphatic hydroxyl groups excluding tert-OH is 1. The van der Waals surface area contributed by atoms with Crippen LogP contribution in [0.5, 0.6) is 11.5 Å². The predicted octanol–water partition coefficient (Wildman–Crippen LogP) is 4.14. The van der Waals surface area contributed by atoms with Crippen molar-refractivity contribution < 1.29 is 19.3 Å². The standard InChI is InChI=1S/C19H28O4S/c1-4-8-16-9-10-18(19(13-16)21-3)23-14-17(20)15-24-12-7-6-11-22-5-2/h4-5,8-10,13,17,20H,2,6-7,11-12,14-15H2,1,3H3. The summed E-state index contributed by atoms with van der Waals surface area (Å²) in [6, 6.07) is 5.75. The molecule has 4 nitrogen and oxygen atoms in total. The molecule has 0 aliphatic heterocycles. The van der Waals surface area contributed by atoms with Crippen molar-refractivity contribution in [2.45, 2.75) is 25.9 Å². The molecule has 0 aliphatic rings. The highest BCUT2D eigenvalue weighted by Gasteiger charge is 2.09. The molecule has 0 spiro atoms. The molecule has 0 saturated heterocycles. The normalized spacial score (nSPS) is 12.1. The Hall–Kier alpha value is -1.59. The molecule has 1 unspecified atom stereocenters. The van der Waals surface area contributed by atoms with Gasteiger partial charge in [0.25, 0.3) is 0 Å². The van der Waals surface area contributed by atoms with Crippen LogP contribution in [0.4, 0.5) is 0 Å². The molecule has 0 aromatic heterocycles. The fraction of sp³-hybridized carbons (Fsp3) is 0.474. The molecule has 0 radical (unpaired) electrons. The second-order valence-corrected chi connectivity index (χ2v) is 6.34. The van der Waals surface area contributed by atoms with E-state index in [0.717, 1.165) is 24.2 Å². The van der Waals surface area contributed by atoms with Crippen molar-refractivity contribution in [3.63, 3.8) is 0 Å². The van der Waals surface area contributed by atoms with Crippen molar-refractivity contribution in [2.24, 2.45) is 0 Å². The Kier molecular flexibility index (Phi) is 10.9. The number of rotatable bonds is 13. The van der Waals surface area contributed by atoms with E-state index in [1.807, 2.05) is 37.3 Å². The summed E-state index contributed by atoms with van der Waals surface area (Å²) in [6.07, 6.45) is 7.00. The summed E-state index contributed by atoms with van der Waals surface area (Å²) >= 11 is 1.72. The zero-order chi connectivity index (χ0) is 17.6. The number of thioether (sulfide) groups is 1. The van der Waals surface area contributed by atoms with Crippen molar-refractivity contribution in [2.75, 3.05) is 31.8 Å². The zero-order valence-corrected chi connectivity index (χ0v) is 15.4. The number of aliphatic hydroxyl groups is 1. The fourth-order valence-corrected chi connectivity index (χ4v) is 2.97. The molecule has 0 amide bonds. The molecule has 1 rings (SSSR count). The Bertz CT molecular complexity index is 502. The average Bonchev–Trinajstić information content (AvgIpc) is 2.60. The molecule has 1 aromatic carbocycles. The summed E-state index contributed by atoms with van der Waals surface area (Å²) in [4.78, 5) is 0. The molecule has 1 aromatic rings. The topological polar surface area (TPSA) is 47.9 Å². The molecular weight excluding hydrogens is 324 g/mol. The summed E-state index contributed by atoms with van der Waals surface area (Å²) in [5.74, 6) is 2.98. The Labute approximate surface area is 149 Å². The lowest BCUT2D eigenvalue weighted by Gasteiger charge is -2.14. The smallest absolute Gasteiger partial charge is 0.161 e. The van der Waals surface area contributed by atoms with Crippen LogP contribution in [0.1, 0.15) is 25.3 Å². The van der Waals surface area contributed by atoms with Gasteiger partial charge in [-0.1, -0.05) is 24.8 Å². The van der Waals surface area contributed by atoms with E-state index in [4.69, 9.17) is 14.2 Å². The van der Waals surface area contributed by atoms with Gasteiger partial charge in [-0.15, -0.1) is 0 Å². The Morgan fingerprint density at radius 2 is 2.12 bits per heavy atom. The number of ether oxygens (including phenoxy) is 3. The Balaban J connectivity index is 2.28. The van der Waals surface area contributed by atoms with Crippen molar-refractivity contribution in [1.82, 2.24) is 0 Å². The van der Waals surface area contributed by atoms with Gasteiger partial charge in [0.2, 0.25) is 0 Å². The van der Waals surface area contributed by atoms with Gasteiger partial charge in [-0.25, -0.2) is 0 Å². The summed E-state index contributed by atoms with van der Waals surface area (Å²) in [5, 5.41) is 10.0. The maximum atomic E-state index is 10.0. The SMILES string of the molecule is C=COCCCCSCC(O)COc1ccc(C=CC)cc1OC. The monoisotopic (exact) mass is 352 g/mol. The highest BCUT2D eigenvalue weighted by atomic mass is 32.2. The largest absolute Gasteiger partial charge is 0.502 e. The van der Waals surface area contributed by atoms with Gasteiger partial charge >= 0.3 is 0 Å². The minimum absolute atomic E-state index is 0.256. The molecule has 24 heavy (non-hydrogen) atoms. The first-order valence-electron chi connectivity index (χ1n) is 8.13. The third kappa shape index (κ3) is 8.31. The second-order valence-electron chi connectivity index (χ2n) is 5.19. The van der Waals surface area contributed by atoms with Gasteiger partial charge in [0.1, 0.15) is 6.61 Å². The summed E-state index contributed by atoms with van der Waals surface area (Å²) in [6.45, 7) is 6.44. The number of allylic oxidation sites excluding steroid dienone is 1. The summed E-state index contributed by atoms with van der Waals surface area (Å²) in [5.41, 5.74) is 1.05. The summed E-state index contributed by atoms with van der Waals surface area (Å²) in [7, 11) is 1.62. The Morgan fingerprint density at radius 1 is 1.29 bits per heavy atom. The molecule has 1 N–H and O–H groups in total. The molecule has 0 fully saturated rings. The van der Waals surface area contributed by atoms with Gasteiger partial charge in [-0.2, -0.15) is 11.8 Å². The van der Waals surface area contributed by atoms with Gasteiger partial charge in [-0.05, 0) is 43.2 Å². The molecule has 1 atom stereocenters. The first-order valence-corrected chi connectivity index (χ1v) is 9.28. The molecule has 0 aliphatic carbocycles. The van der Waals surface area contributed by atoms with Crippen molar-refractivity contribution in [3.05, 3.63) is 42.7 Å². The van der Waals surface area contributed by atoms with Gasteiger partial charge < -0.3 is 19.3 Å². The van der Waals surface area contributed by atoms with Crippen LogP contribution in [-0.2, 0) is 4.74 Å². The van der Waals surface area contributed by atoms with E-state index in [1.54, 1.807) is 18.9 Å². The Morgan fingerprint density at radius 3 is 2.83 bits per heavy atom. The lowest BCUT2D eigenvalue weighted by atomic mass is 10.2. The van der Waals surface area contributed by atoms with Crippen LogP contribution in [0, 0.1) is 0 Å². The van der Waals surface area contributed by atoms with Crippen molar-refractivity contribution in [3.8, 4) is 11.5 Å². The number of hydrogen-bond acceptors (Lipinski definition) is 5. The third-order valence-electron chi connectivity index (χ3n) is 3.21. The minimum atomic E-state index is -0.501. The van der Waals surface area contributed by atoms with E-state index >= 15 is 0 Å². The van der Waals surface area contributed by atoms with Gasteiger partial charge in [0.05, 0.1) is 26.1 Å².